The van der Waals surface area contributed by atoms with Gasteiger partial charge in [-0.25, -0.2) is 8.78 Å². The standard InChI is InChI=1S/C16H21F2N/c17-16(18,15-7-8-15)14-5-3-12(4-6-14)10-13-2-1-9-19-11-13/h3-6,13,15,19H,1-2,7-11H2. The summed E-state index contributed by atoms with van der Waals surface area (Å²) in [5.74, 6) is -2.38. The van der Waals surface area contributed by atoms with Crippen LogP contribution in [0, 0.1) is 11.8 Å². The van der Waals surface area contributed by atoms with Gasteiger partial charge < -0.3 is 5.32 Å². The zero-order chi connectivity index (χ0) is 13.3. The summed E-state index contributed by atoms with van der Waals surface area (Å²) in [5.41, 5.74) is 1.38. The highest BCUT2D eigenvalue weighted by Gasteiger charge is 2.47. The summed E-state index contributed by atoms with van der Waals surface area (Å²) in [5, 5.41) is 3.39. The second-order valence-corrected chi connectivity index (χ2v) is 6.01. The van der Waals surface area contributed by atoms with Crippen molar-refractivity contribution in [3.8, 4) is 0 Å². The summed E-state index contributed by atoms with van der Waals surface area (Å²) >= 11 is 0. The minimum atomic E-state index is -2.62. The van der Waals surface area contributed by atoms with Gasteiger partial charge in [-0.3, -0.25) is 0 Å². The third kappa shape index (κ3) is 2.97. The van der Waals surface area contributed by atoms with Crippen LogP contribution in [0.4, 0.5) is 8.78 Å². The van der Waals surface area contributed by atoms with Crippen molar-refractivity contribution in [1.29, 1.82) is 0 Å². The average Bonchev–Trinajstić information content (AvgIpc) is 3.25. The van der Waals surface area contributed by atoms with Crippen LogP contribution in [0.5, 0.6) is 0 Å². The van der Waals surface area contributed by atoms with Gasteiger partial charge >= 0.3 is 0 Å². The average molecular weight is 265 g/mol. The predicted molar refractivity (Wildman–Crippen MR) is 72.4 cm³/mol. The molecular formula is C16H21F2N. The van der Waals surface area contributed by atoms with Gasteiger partial charge in [0.05, 0.1) is 0 Å². The first-order chi connectivity index (χ1) is 9.16. The van der Waals surface area contributed by atoms with E-state index in [1.165, 1.54) is 18.4 Å². The van der Waals surface area contributed by atoms with Crippen molar-refractivity contribution in [2.45, 2.75) is 38.0 Å². The Labute approximate surface area is 113 Å². The SMILES string of the molecule is FC(F)(c1ccc(CC2CCCNC2)cc1)C1CC1. The van der Waals surface area contributed by atoms with Crippen molar-refractivity contribution < 1.29 is 8.78 Å². The zero-order valence-corrected chi connectivity index (χ0v) is 11.2. The fourth-order valence-corrected chi connectivity index (χ4v) is 2.98. The number of halogens is 2. The maximum Gasteiger partial charge on any atom is 0.276 e. The monoisotopic (exact) mass is 265 g/mol. The molecule has 1 N–H and O–H groups in total. The Kier molecular flexibility index (Phi) is 3.57. The van der Waals surface area contributed by atoms with Gasteiger partial charge in [-0.2, -0.15) is 0 Å². The smallest absolute Gasteiger partial charge is 0.276 e. The third-order valence-electron chi connectivity index (χ3n) is 4.35. The lowest BCUT2D eigenvalue weighted by molar-refractivity contribution is -0.0285. The van der Waals surface area contributed by atoms with Gasteiger partial charge in [0.1, 0.15) is 0 Å². The molecule has 19 heavy (non-hydrogen) atoms. The fraction of sp³-hybridized carbons (Fsp3) is 0.625. The van der Waals surface area contributed by atoms with Crippen LogP contribution < -0.4 is 5.32 Å². The van der Waals surface area contributed by atoms with E-state index in [0.717, 1.165) is 19.5 Å². The number of alkyl halides is 2. The normalized spacial score (nSPS) is 24.4. The molecule has 3 rings (SSSR count). The first-order valence-corrected chi connectivity index (χ1v) is 7.34. The molecule has 0 radical (unpaired) electrons. The van der Waals surface area contributed by atoms with Crippen LogP contribution in [0.1, 0.15) is 36.8 Å². The molecule has 1 aromatic rings. The lowest BCUT2D eigenvalue weighted by atomic mass is 9.91. The highest BCUT2D eigenvalue weighted by Crippen LogP contribution is 2.49. The van der Waals surface area contributed by atoms with Crippen molar-refractivity contribution in [1.82, 2.24) is 5.32 Å². The highest BCUT2D eigenvalue weighted by atomic mass is 19.3. The van der Waals surface area contributed by atoms with E-state index in [2.05, 4.69) is 5.32 Å². The van der Waals surface area contributed by atoms with Gasteiger partial charge in [0.25, 0.3) is 5.92 Å². The van der Waals surface area contributed by atoms with Crippen LogP contribution in [-0.2, 0) is 12.3 Å². The summed E-state index contributed by atoms with van der Waals surface area (Å²) in [6.07, 6.45) is 4.81. The Balaban J connectivity index is 1.65. The van der Waals surface area contributed by atoms with Crippen LogP contribution in [0.25, 0.3) is 0 Å². The molecule has 0 amide bonds. The van der Waals surface area contributed by atoms with E-state index < -0.39 is 11.8 Å². The molecular weight excluding hydrogens is 244 g/mol. The molecule has 1 atom stereocenters. The first-order valence-electron chi connectivity index (χ1n) is 7.34. The molecule has 1 saturated heterocycles. The molecule has 1 aliphatic carbocycles. The molecule has 104 valence electrons. The quantitative estimate of drug-likeness (QED) is 0.874. The van der Waals surface area contributed by atoms with Gasteiger partial charge in [-0.1, -0.05) is 24.3 Å². The Morgan fingerprint density at radius 2 is 1.84 bits per heavy atom. The minimum Gasteiger partial charge on any atom is -0.316 e. The Hall–Kier alpha value is -0.960. The molecule has 2 fully saturated rings. The second kappa shape index (κ2) is 5.20. The molecule has 1 unspecified atom stereocenters. The largest absolute Gasteiger partial charge is 0.316 e. The number of hydrogen-bond acceptors (Lipinski definition) is 1. The number of hydrogen-bond donors (Lipinski definition) is 1. The van der Waals surface area contributed by atoms with E-state index in [-0.39, 0.29) is 5.56 Å². The molecule has 3 heteroatoms. The van der Waals surface area contributed by atoms with Crippen LogP contribution in [0.3, 0.4) is 0 Å². The lowest BCUT2D eigenvalue weighted by Gasteiger charge is -2.23. The summed E-state index contributed by atoms with van der Waals surface area (Å²) in [6, 6.07) is 7.04. The van der Waals surface area contributed by atoms with Crippen molar-refractivity contribution in [3.05, 3.63) is 35.4 Å². The van der Waals surface area contributed by atoms with Crippen molar-refractivity contribution in [2.24, 2.45) is 11.8 Å². The minimum absolute atomic E-state index is 0.195. The summed E-state index contributed by atoms with van der Waals surface area (Å²) in [4.78, 5) is 0. The van der Waals surface area contributed by atoms with Gasteiger partial charge in [-0.05, 0) is 56.7 Å². The molecule has 1 aromatic carbocycles. The first kappa shape index (κ1) is 13.0. The van der Waals surface area contributed by atoms with Crippen LogP contribution in [-0.4, -0.2) is 13.1 Å². The third-order valence-corrected chi connectivity index (χ3v) is 4.35. The Morgan fingerprint density at radius 1 is 1.11 bits per heavy atom. The molecule has 0 bridgehead atoms. The molecule has 1 heterocycles. The van der Waals surface area contributed by atoms with E-state index >= 15 is 0 Å². The fourth-order valence-electron chi connectivity index (χ4n) is 2.98. The molecule has 1 nitrogen and oxygen atoms in total. The molecule has 0 aromatic heterocycles. The van der Waals surface area contributed by atoms with Gasteiger partial charge in [0.15, 0.2) is 0 Å². The van der Waals surface area contributed by atoms with Gasteiger partial charge in [0, 0.05) is 11.5 Å². The van der Waals surface area contributed by atoms with E-state index in [1.54, 1.807) is 12.1 Å². The topological polar surface area (TPSA) is 12.0 Å². The number of benzene rings is 1. The Bertz CT molecular complexity index is 417. The number of piperidine rings is 1. The molecule has 1 saturated carbocycles. The van der Waals surface area contributed by atoms with Gasteiger partial charge in [-0.15, -0.1) is 0 Å². The van der Waals surface area contributed by atoms with E-state index in [0.29, 0.717) is 18.8 Å². The highest BCUT2D eigenvalue weighted by molar-refractivity contribution is 5.27. The number of nitrogens with one attached hydrogen (secondary N) is 1. The maximum atomic E-state index is 13.9. The van der Waals surface area contributed by atoms with Crippen molar-refractivity contribution in [3.63, 3.8) is 0 Å². The molecule has 0 spiro atoms. The van der Waals surface area contributed by atoms with Crippen LogP contribution in [0.2, 0.25) is 0 Å². The van der Waals surface area contributed by atoms with E-state index in [9.17, 15) is 8.78 Å². The van der Waals surface area contributed by atoms with E-state index in [4.69, 9.17) is 0 Å². The van der Waals surface area contributed by atoms with Crippen LogP contribution in [0.15, 0.2) is 24.3 Å². The maximum absolute atomic E-state index is 13.9. The predicted octanol–water partition coefficient (Wildman–Crippen LogP) is 3.73. The van der Waals surface area contributed by atoms with Crippen LogP contribution >= 0.6 is 0 Å². The molecule has 2 aliphatic rings. The zero-order valence-electron chi connectivity index (χ0n) is 11.2. The molecule has 1 aliphatic heterocycles. The second-order valence-electron chi connectivity index (χ2n) is 6.01. The summed E-state index contributed by atoms with van der Waals surface area (Å²) in [7, 11) is 0. The summed E-state index contributed by atoms with van der Waals surface area (Å²) < 4.78 is 27.8. The van der Waals surface area contributed by atoms with Crippen molar-refractivity contribution >= 4 is 0 Å². The Morgan fingerprint density at radius 3 is 2.42 bits per heavy atom. The number of rotatable bonds is 4. The lowest BCUT2D eigenvalue weighted by Crippen LogP contribution is -2.30. The van der Waals surface area contributed by atoms with Gasteiger partial charge in [0.2, 0.25) is 0 Å². The van der Waals surface area contributed by atoms with Crippen molar-refractivity contribution in [2.75, 3.05) is 13.1 Å². The van der Waals surface area contributed by atoms with E-state index in [1.807, 2.05) is 12.1 Å². The summed E-state index contributed by atoms with van der Waals surface area (Å²) in [6.45, 7) is 2.17.